The normalized spacial score (nSPS) is 11.2. The van der Waals surface area contributed by atoms with Crippen molar-refractivity contribution >= 4 is 28.8 Å². The highest BCUT2D eigenvalue weighted by atomic mass is 32.1. The van der Waals surface area contributed by atoms with Gasteiger partial charge in [0.2, 0.25) is 0 Å². The average molecular weight is 340 g/mol. The van der Waals surface area contributed by atoms with Gasteiger partial charge in [-0.05, 0) is 36.0 Å². The van der Waals surface area contributed by atoms with Crippen LogP contribution >= 0.6 is 12.2 Å². The summed E-state index contributed by atoms with van der Waals surface area (Å²) >= 11 is 4.77. The Bertz CT molecular complexity index is 729. The third kappa shape index (κ3) is 4.10. The Hall–Kier alpha value is -2.35. The molecule has 23 heavy (non-hydrogen) atoms. The quantitative estimate of drug-likeness (QED) is 0.838. The number of alkyl halides is 3. The van der Waals surface area contributed by atoms with Gasteiger partial charge in [0.1, 0.15) is 5.82 Å². The van der Waals surface area contributed by atoms with Crippen LogP contribution in [-0.4, -0.2) is 24.2 Å². The molecule has 8 heteroatoms. The van der Waals surface area contributed by atoms with Crippen LogP contribution in [0.2, 0.25) is 0 Å². The molecule has 0 spiro atoms. The van der Waals surface area contributed by atoms with Crippen LogP contribution < -0.4 is 16.0 Å². The van der Waals surface area contributed by atoms with Crippen molar-refractivity contribution in [3.05, 3.63) is 42.1 Å². The highest BCUT2D eigenvalue weighted by Crippen LogP contribution is 2.36. The molecule has 3 N–H and O–H groups in total. The lowest BCUT2D eigenvalue weighted by Crippen LogP contribution is -2.18. The summed E-state index contributed by atoms with van der Waals surface area (Å²) in [6, 6.07) is 7.88. The van der Waals surface area contributed by atoms with Gasteiger partial charge in [0.05, 0.1) is 5.56 Å². The zero-order valence-electron chi connectivity index (χ0n) is 12.5. The number of aromatic nitrogens is 1. The zero-order chi connectivity index (χ0) is 17.2. The van der Waals surface area contributed by atoms with Gasteiger partial charge in [0, 0.05) is 31.5 Å². The number of nitrogens with two attached hydrogens (primary N) is 1. The molecule has 0 saturated carbocycles. The van der Waals surface area contributed by atoms with Crippen LogP contribution in [0.1, 0.15) is 5.56 Å². The molecular weight excluding hydrogens is 325 g/mol. The predicted octanol–water partition coefficient (Wildman–Crippen LogP) is 3.49. The summed E-state index contributed by atoms with van der Waals surface area (Å²) in [4.78, 5) is 5.60. The number of rotatable bonds is 3. The molecule has 0 aliphatic rings. The lowest BCUT2D eigenvalue weighted by atomic mass is 10.0. The van der Waals surface area contributed by atoms with Crippen LogP contribution in [0, 0.1) is 0 Å². The minimum absolute atomic E-state index is 0.0807. The van der Waals surface area contributed by atoms with Gasteiger partial charge in [-0.2, -0.15) is 13.2 Å². The first kappa shape index (κ1) is 17.0. The number of hydrogen-bond acceptors (Lipinski definition) is 3. The first-order chi connectivity index (χ1) is 10.7. The van der Waals surface area contributed by atoms with E-state index in [2.05, 4.69) is 10.3 Å². The number of nitrogens with zero attached hydrogens (tertiary/aromatic N) is 2. The van der Waals surface area contributed by atoms with Crippen molar-refractivity contribution in [3.63, 3.8) is 0 Å². The standard InChI is InChI=1S/C15H15F3N4S/c1-22(2)13-12(7-10(8-20-13)15(16,17)18)9-4-3-5-11(6-9)21-14(19)23/h3-8H,1-2H3,(H3,19,21,23). The largest absolute Gasteiger partial charge is 0.417 e. The fourth-order valence-corrected chi connectivity index (χ4v) is 2.21. The van der Waals surface area contributed by atoms with Crippen LogP contribution in [0.4, 0.5) is 24.7 Å². The summed E-state index contributed by atoms with van der Waals surface area (Å²) in [6.45, 7) is 0. The Morgan fingerprint density at radius 1 is 1.26 bits per heavy atom. The Kier molecular flexibility index (Phi) is 4.74. The molecule has 2 rings (SSSR count). The number of nitrogens with one attached hydrogen (secondary N) is 1. The maximum absolute atomic E-state index is 13.0. The summed E-state index contributed by atoms with van der Waals surface area (Å²) in [5.41, 5.74) is 6.17. The molecule has 0 aliphatic heterocycles. The molecule has 1 aromatic heterocycles. The molecule has 1 aromatic carbocycles. The van der Waals surface area contributed by atoms with Crippen molar-refractivity contribution < 1.29 is 13.2 Å². The topological polar surface area (TPSA) is 54.2 Å². The van der Waals surface area contributed by atoms with E-state index >= 15 is 0 Å². The summed E-state index contributed by atoms with van der Waals surface area (Å²) in [5.74, 6) is 0.436. The van der Waals surface area contributed by atoms with E-state index in [1.807, 2.05) is 0 Å². The highest BCUT2D eigenvalue weighted by Gasteiger charge is 2.32. The minimum atomic E-state index is -4.46. The van der Waals surface area contributed by atoms with E-state index in [1.54, 1.807) is 43.3 Å². The van der Waals surface area contributed by atoms with E-state index in [4.69, 9.17) is 18.0 Å². The smallest absolute Gasteiger partial charge is 0.376 e. The van der Waals surface area contributed by atoms with Gasteiger partial charge in [-0.15, -0.1) is 0 Å². The Morgan fingerprint density at radius 3 is 2.52 bits per heavy atom. The fourth-order valence-electron chi connectivity index (χ4n) is 2.09. The molecule has 0 amide bonds. The van der Waals surface area contributed by atoms with Crippen LogP contribution in [0.25, 0.3) is 11.1 Å². The van der Waals surface area contributed by atoms with Crippen molar-refractivity contribution in [2.24, 2.45) is 5.73 Å². The van der Waals surface area contributed by atoms with Gasteiger partial charge in [0.25, 0.3) is 0 Å². The Morgan fingerprint density at radius 2 is 1.96 bits per heavy atom. The van der Waals surface area contributed by atoms with Gasteiger partial charge >= 0.3 is 6.18 Å². The zero-order valence-corrected chi connectivity index (χ0v) is 13.3. The third-order valence-corrected chi connectivity index (χ3v) is 3.16. The second-order valence-electron chi connectivity index (χ2n) is 5.06. The SMILES string of the molecule is CN(C)c1ncc(C(F)(F)F)cc1-c1cccc(NC(N)=S)c1. The summed E-state index contributed by atoms with van der Waals surface area (Å²) < 4.78 is 38.9. The minimum Gasteiger partial charge on any atom is -0.376 e. The Labute approximate surface area is 137 Å². The maximum atomic E-state index is 13.0. The molecule has 0 unspecified atom stereocenters. The monoisotopic (exact) mass is 340 g/mol. The maximum Gasteiger partial charge on any atom is 0.417 e. The molecule has 0 bridgehead atoms. The lowest BCUT2D eigenvalue weighted by molar-refractivity contribution is -0.137. The van der Waals surface area contributed by atoms with Crippen molar-refractivity contribution in [3.8, 4) is 11.1 Å². The average Bonchev–Trinajstić information content (AvgIpc) is 2.45. The van der Waals surface area contributed by atoms with Gasteiger partial charge in [-0.25, -0.2) is 4.98 Å². The second-order valence-corrected chi connectivity index (χ2v) is 5.50. The molecule has 4 nitrogen and oxygen atoms in total. The summed E-state index contributed by atoms with van der Waals surface area (Å²) in [7, 11) is 3.44. The van der Waals surface area contributed by atoms with Crippen molar-refractivity contribution in [2.45, 2.75) is 6.18 Å². The Balaban J connectivity index is 2.58. The molecule has 122 valence electrons. The lowest BCUT2D eigenvalue weighted by Gasteiger charge is -2.18. The van der Waals surface area contributed by atoms with Crippen molar-refractivity contribution in [2.75, 3.05) is 24.3 Å². The molecule has 0 saturated heterocycles. The van der Waals surface area contributed by atoms with Gasteiger partial charge in [-0.1, -0.05) is 12.1 Å². The van der Waals surface area contributed by atoms with Crippen molar-refractivity contribution in [1.82, 2.24) is 4.98 Å². The number of pyridine rings is 1. The van der Waals surface area contributed by atoms with Crippen molar-refractivity contribution in [1.29, 1.82) is 0 Å². The number of benzene rings is 1. The first-order valence-corrected chi connectivity index (χ1v) is 7.01. The van der Waals surface area contributed by atoms with E-state index in [0.717, 1.165) is 12.3 Å². The molecule has 0 aliphatic carbocycles. The van der Waals surface area contributed by atoms with Crippen LogP contribution in [0.3, 0.4) is 0 Å². The summed E-state index contributed by atoms with van der Waals surface area (Å²) in [6.07, 6.45) is -3.63. The predicted molar refractivity (Wildman–Crippen MR) is 89.4 cm³/mol. The first-order valence-electron chi connectivity index (χ1n) is 6.60. The van der Waals surface area contributed by atoms with Crippen LogP contribution in [0.15, 0.2) is 36.5 Å². The fraction of sp³-hybridized carbons (Fsp3) is 0.200. The molecule has 0 atom stereocenters. The van der Waals surface area contributed by atoms with E-state index < -0.39 is 11.7 Å². The van der Waals surface area contributed by atoms with E-state index in [1.165, 1.54) is 0 Å². The number of halogens is 3. The molecule has 0 fully saturated rings. The molecule has 2 aromatic rings. The van der Waals surface area contributed by atoms with Gasteiger partial charge < -0.3 is 16.0 Å². The van der Waals surface area contributed by atoms with Gasteiger partial charge in [0.15, 0.2) is 5.11 Å². The molecule has 0 radical (unpaired) electrons. The van der Waals surface area contributed by atoms with Crippen LogP contribution in [0.5, 0.6) is 0 Å². The summed E-state index contributed by atoms with van der Waals surface area (Å²) in [5, 5.41) is 2.84. The van der Waals surface area contributed by atoms with E-state index in [0.29, 0.717) is 22.6 Å². The number of anilines is 2. The van der Waals surface area contributed by atoms with E-state index in [9.17, 15) is 13.2 Å². The van der Waals surface area contributed by atoms with E-state index in [-0.39, 0.29) is 5.11 Å². The third-order valence-electron chi connectivity index (χ3n) is 3.06. The van der Waals surface area contributed by atoms with Gasteiger partial charge in [-0.3, -0.25) is 0 Å². The number of hydrogen-bond donors (Lipinski definition) is 2. The molecular formula is C15H15F3N4S. The van der Waals surface area contributed by atoms with Crippen LogP contribution in [-0.2, 0) is 6.18 Å². The second kappa shape index (κ2) is 6.41. The number of thiocarbonyl (C=S) groups is 1. The highest BCUT2D eigenvalue weighted by molar-refractivity contribution is 7.80. The molecule has 1 heterocycles.